The van der Waals surface area contributed by atoms with Crippen molar-refractivity contribution in [1.82, 2.24) is 9.55 Å². The van der Waals surface area contributed by atoms with E-state index in [1.54, 1.807) is 6.20 Å². The van der Waals surface area contributed by atoms with E-state index in [4.69, 9.17) is 4.74 Å². The molecule has 3 rings (SSSR count). The summed E-state index contributed by atoms with van der Waals surface area (Å²) in [7, 11) is 2.50. The molecule has 0 aliphatic carbocycles. The molecule has 0 radical (unpaired) electrons. The van der Waals surface area contributed by atoms with Crippen LogP contribution in [0.1, 0.15) is 5.56 Å². The fourth-order valence-electron chi connectivity index (χ4n) is 3.00. The highest BCUT2D eigenvalue weighted by Crippen LogP contribution is 2.18. The topological polar surface area (TPSA) is 79.7 Å². The fraction of sp³-hybridized carbons (Fsp3) is 0.286. The number of carbonyl (C=O) groups is 2. The first-order valence-corrected chi connectivity index (χ1v) is 8.88. The quantitative estimate of drug-likeness (QED) is 0.440. The van der Waals surface area contributed by atoms with Crippen molar-refractivity contribution in [3.63, 3.8) is 0 Å². The van der Waals surface area contributed by atoms with Crippen molar-refractivity contribution in [3.05, 3.63) is 60.6 Å². The molecule has 3 aromatic rings. The summed E-state index contributed by atoms with van der Waals surface area (Å²) in [6, 6.07) is 11.3. The van der Waals surface area contributed by atoms with Gasteiger partial charge in [0, 0.05) is 24.0 Å². The molecule has 1 aromatic carbocycles. The van der Waals surface area contributed by atoms with E-state index in [0.29, 0.717) is 13.2 Å². The van der Waals surface area contributed by atoms with E-state index in [0.717, 1.165) is 22.2 Å². The highest BCUT2D eigenvalue weighted by Gasteiger charge is 2.28. The SMILES string of the molecule is COC(=O)C(Cc1ccc(OCCn2ccc3cnccc32)cc1)C(=O)OC. The van der Waals surface area contributed by atoms with Crippen LogP contribution >= 0.6 is 0 Å². The lowest BCUT2D eigenvalue weighted by atomic mass is 9.99. The first-order chi connectivity index (χ1) is 13.6. The second-order valence-electron chi connectivity index (χ2n) is 6.24. The van der Waals surface area contributed by atoms with Crippen LogP contribution in [0.25, 0.3) is 10.9 Å². The van der Waals surface area contributed by atoms with Crippen molar-refractivity contribution in [3.8, 4) is 5.75 Å². The number of benzene rings is 1. The first kappa shape index (κ1) is 19.4. The number of methoxy groups -OCH3 is 2. The molecule has 7 heteroatoms. The molecule has 0 aliphatic rings. The maximum atomic E-state index is 11.8. The third-order valence-corrected chi connectivity index (χ3v) is 4.51. The van der Waals surface area contributed by atoms with E-state index in [1.165, 1.54) is 14.2 Å². The molecule has 0 aliphatic heterocycles. The number of esters is 2. The van der Waals surface area contributed by atoms with Crippen molar-refractivity contribution in [2.24, 2.45) is 5.92 Å². The van der Waals surface area contributed by atoms with Gasteiger partial charge in [-0.2, -0.15) is 0 Å². The Kier molecular flexibility index (Phi) is 6.26. The lowest BCUT2D eigenvalue weighted by molar-refractivity contribution is -0.158. The number of nitrogens with zero attached hydrogens (tertiary/aromatic N) is 2. The molecule has 2 heterocycles. The lowest BCUT2D eigenvalue weighted by Gasteiger charge is -2.13. The van der Waals surface area contributed by atoms with Crippen LogP contribution in [0.2, 0.25) is 0 Å². The number of pyridine rings is 1. The molecule has 146 valence electrons. The van der Waals surface area contributed by atoms with Crippen molar-refractivity contribution < 1.29 is 23.8 Å². The van der Waals surface area contributed by atoms with Gasteiger partial charge in [0.05, 0.1) is 26.3 Å². The molecule has 0 saturated heterocycles. The van der Waals surface area contributed by atoms with Crippen LogP contribution in [0.15, 0.2) is 55.0 Å². The van der Waals surface area contributed by atoms with Gasteiger partial charge in [0.1, 0.15) is 12.4 Å². The van der Waals surface area contributed by atoms with Gasteiger partial charge in [-0.15, -0.1) is 0 Å². The van der Waals surface area contributed by atoms with Gasteiger partial charge < -0.3 is 18.8 Å². The predicted molar refractivity (Wildman–Crippen MR) is 103 cm³/mol. The highest BCUT2D eigenvalue weighted by atomic mass is 16.5. The molecule has 0 fully saturated rings. The molecule has 2 aromatic heterocycles. The van der Waals surface area contributed by atoms with Gasteiger partial charge in [0.2, 0.25) is 0 Å². The van der Waals surface area contributed by atoms with Crippen LogP contribution in [0.3, 0.4) is 0 Å². The molecular weight excluding hydrogens is 360 g/mol. The van der Waals surface area contributed by atoms with E-state index >= 15 is 0 Å². The summed E-state index contributed by atoms with van der Waals surface area (Å²) in [5.41, 5.74) is 1.93. The van der Waals surface area contributed by atoms with Gasteiger partial charge >= 0.3 is 11.9 Å². The minimum Gasteiger partial charge on any atom is -0.492 e. The highest BCUT2D eigenvalue weighted by molar-refractivity contribution is 5.95. The average Bonchev–Trinajstić information content (AvgIpc) is 3.15. The van der Waals surface area contributed by atoms with Crippen LogP contribution in [0.4, 0.5) is 0 Å². The molecule has 0 saturated carbocycles. The van der Waals surface area contributed by atoms with Crippen LogP contribution in [-0.2, 0) is 32.0 Å². The Balaban J connectivity index is 1.56. The largest absolute Gasteiger partial charge is 0.492 e. The standard InChI is InChI=1S/C21H22N2O5/c1-26-20(24)18(21(25)27-2)13-15-3-5-17(6-4-15)28-12-11-23-10-8-16-14-22-9-7-19(16)23/h3-10,14,18H,11-13H2,1-2H3. The summed E-state index contributed by atoms with van der Waals surface area (Å²) in [6.45, 7) is 1.22. The minimum atomic E-state index is -0.974. The molecule has 0 N–H and O–H groups in total. The smallest absolute Gasteiger partial charge is 0.320 e. The van der Waals surface area contributed by atoms with Crippen molar-refractivity contribution in [1.29, 1.82) is 0 Å². The van der Waals surface area contributed by atoms with Gasteiger partial charge in [-0.05, 0) is 36.2 Å². The summed E-state index contributed by atoms with van der Waals surface area (Å²) >= 11 is 0. The molecule has 0 unspecified atom stereocenters. The molecule has 7 nitrogen and oxygen atoms in total. The zero-order valence-corrected chi connectivity index (χ0v) is 15.8. The fourth-order valence-corrected chi connectivity index (χ4v) is 3.00. The molecule has 0 bridgehead atoms. The zero-order chi connectivity index (χ0) is 19.9. The minimum absolute atomic E-state index is 0.211. The van der Waals surface area contributed by atoms with Crippen LogP contribution < -0.4 is 4.74 Å². The Hall–Kier alpha value is -3.35. The van der Waals surface area contributed by atoms with E-state index in [-0.39, 0.29) is 6.42 Å². The van der Waals surface area contributed by atoms with Gasteiger partial charge in [0.25, 0.3) is 0 Å². The van der Waals surface area contributed by atoms with Gasteiger partial charge in [0.15, 0.2) is 5.92 Å². The number of hydrogen-bond acceptors (Lipinski definition) is 6. The molecule has 28 heavy (non-hydrogen) atoms. The van der Waals surface area contributed by atoms with Gasteiger partial charge in [-0.3, -0.25) is 14.6 Å². The summed E-state index contributed by atoms with van der Waals surface area (Å²) in [5, 5.41) is 1.10. The maximum Gasteiger partial charge on any atom is 0.320 e. The molecule has 0 atom stereocenters. The van der Waals surface area contributed by atoms with Crippen LogP contribution in [-0.4, -0.2) is 42.3 Å². The Labute approximate surface area is 162 Å². The van der Waals surface area contributed by atoms with Crippen molar-refractivity contribution in [2.45, 2.75) is 13.0 Å². The predicted octanol–water partition coefficient (Wildman–Crippen LogP) is 2.62. The summed E-state index contributed by atoms with van der Waals surface area (Å²) in [4.78, 5) is 27.7. The number of fused-ring (bicyclic) bond motifs is 1. The Morgan fingerprint density at radius 3 is 2.43 bits per heavy atom. The Morgan fingerprint density at radius 2 is 1.75 bits per heavy atom. The van der Waals surface area contributed by atoms with Crippen molar-refractivity contribution in [2.75, 3.05) is 20.8 Å². The summed E-state index contributed by atoms with van der Waals surface area (Å²) < 4.78 is 17.3. The number of hydrogen-bond donors (Lipinski definition) is 0. The normalized spacial score (nSPS) is 10.8. The number of carbonyl (C=O) groups excluding carboxylic acids is 2. The summed E-state index contributed by atoms with van der Waals surface area (Å²) in [5.74, 6) is -1.48. The van der Waals surface area contributed by atoms with E-state index in [2.05, 4.69) is 19.0 Å². The van der Waals surface area contributed by atoms with E-state index in [9.17, 15) is 9.59 Å². The van der Waals surface area contributed by atoms with Crippen molar-refractivity contribution >= 4 is 22.8 Å². The number of aromatic nitrogens is 2. The molecular formula is C21H22N2O5. The zero-order valence-electron chi connectivity index (χ0n) is 15.8. The molecule has 0 amide bonds. The number of ether oxygens (including phenoxy) is 3. The second-order valence-corrected chi connectivity index (χ2v) is 6.24. The van der Waals surface area contributed by atoms with Crippen LogP contribution in [0.5, 0.6) is 5.75 Å². The molecule has 0 spiro atoms. The monoisotopic (exact) mass is 382 g/mol. The van der Waals surface area contributed by atoms with E-state index in [1.807, 2.05) is 48.8 Å². The number of rotatable bonds is 8. The Bertz CT molecular complexity index is 933. The third-order valence-electron chi connectivity index (χ3n) is 4.51. The first-order valence-electron chi connectivity index (χ1n) is 8.88. The van der Waals surface area contributed by atoms with Crippen LogP contribution in [0, 0.1) is 5.92 Å². The third kappa shape index (κ3) is 4.49. The average molecular weight is 382 g/mol. The van der Waals surface area contributed by atoms with Gasteiger partial charge in [-0.1, -0.05) is 12.1 Å². The second kappa shape index (κ2) is 9.03. The lowest BCUT2D eigenvalue weighted by Crippen LogP contribution is -2.28. The maximum absolute atomic E-state index is 11.8. The summed E-state index contributed by atoms with van der Waals surface area (Å²) in [6.07, 6.45) is 5.83. The van der Waals surface area contributed by atoms with Gasteiger partial charge in [-0.25, -0.2) is 0 Å². The Morgan fingerprint density at radius 1 is 1.04 bits per heavy atom. The van der Waals surface area contributed by atoms with E-state index < -0.39 is 17.9 Å².